The van der Waals surface area contributed by atoms with Crippen LogP contribution in [0.2, 0.25) is 0 Å². The Balaban J connectivity index is 2.32. The van der Waals surface area contributed by atoms with E-state index in [1.807, 2.05) is 0 Å². The van der Waals surface area contributed by atoms with Crippen molar-refractivity contribution in [1.29, 1.82) is 0 Å². The number of benzene rings is 1. The van der Waals surface area contributed by atoms with Crippen LogP contribution in [0.15, 0.2) is 23.1 Å². The number of rotatable bonds is 4. The van der Waals surface area contributed by atoms with Crippen molar-refractivity contribution in [3.8, 4) is 0 Å². The normalized spacial score (nSPS) is 23.7. The van der Waals surface area contributed by atoms with Crippen LogP contribution in [0.25, 0.3) is 0 Å². The number of nitrogens with two attached hydrogens (primary N) is 1. The minimum atomic E-state index is -3.79. The number of hydrogen-bond donors (Lipinski definition) is 2. The largest absolute Gasteiger partial charge is 0.377 e. The van der Waals surface area contributed by atoms with Gasteiger partial charge in [-0.1, -0.05) is 6.07 Å². The Hall–Kier alpha value is -1.02. The summed E-state index contributed by atoms with van der Waals surface area (Å²) >= 11 is 0. The second-order valence-electron chi connectivity index (χ2n) is 4.51. The third-order valence-electron chi connectivity index (χ3n) is 3.25. The predicted octanol–water partition coefficient (Wildman–Crippen LogP) is 0.740. The van der Waals surface area contributed by atoms with Crippen LogP contribution in [-0.4, -0.2) is 27.2 Å². The average Bonchev–Trinajstić information content (AvgIpc) is 2.74. The highest BCUT2D eigenvalue weighted by Gasteiger charge is 2.30. The highest BCUT2D eigenvalue weighted by atomic mass is 32.2. The lowest BCUT2D eigenvalue weighted by Gasteiger charge is -2.17. The molecule has 2 rings (SSSR count). The lowest BCUT2D eigenvalue weighted by molar-refractivity contribution is 0.117. The summed E-state index contributed by atoms with van der Waals surface area (Å²) in [4.78, 5) is -0.103. The van der Waals surface area contributed by atoms with Crippen molar-refractivity contribution in [3.63, 3.8) is 0 Å². The first-order valence-electron chi connectivity index (χ1n) is 6.07. The fraction of sp³-hybridized carbons (Fsp3) is 0.500. The Morgan fingerprint density at radius 1 is 1.53 bits per heavy atom. The summed E-state index contributed by atoms with van der Waals surface area (Å²) in [5.74, 6) is -0.610. The molecule has 1 aliphatic heterocycles. The van der Waals surface area contributed by atoms with Gasteiger partial charge in [0.25, 0.3) is 0 Å². The van der Waals surface area contributed by atoms with Gasteiger partial charge >= 0.3 is 0 Å². The van der Waals surface area contributed by atoms with Crippen molar-refractivity contribution < 1.29 is 17.5 Å². The van der Waals surface area contributed by atoms with Gasteiger partial charge in [0.1, 0.15) is 5.82 Å². The van der Waals surface area contributed by atoms with E-state index < -0.39 is 15.8 Å². The molecule has 1 aromatic carbocycles. The van der Waals surface area contributed by atoms with Gasteiger partial charge in [-0.3, -0.25) is 0 Å². The van der Waals surface area contributed by atoms with Crippen LogP contribution < -0.4 is 10.5 Å². The van der Waals surface area contributed by atoms with E-state index >= 15 is 0 Å². The third-order valence-corrected chi connectivity index (χ3v) is 4.83. The lowest BCUT2D eigenvalue weighted by Crippen LogP contribution is -2.39. The first-order chi connectivity index (χ1) is 8.95. The second kappa shape index (κ2) is 5.54. The molecule has 3 N–H and O–H groups in total. The van der Waals surface area contributed by atoms with E-state index in [0.717, 1.165) is 0 Å². The minimum Gasteiger partial charge on any atom is -0.377 e. The lowest BCUT2D eigenvalue weighted by atomic mass is 10.2. The number of halogens is 1. The monoisotopic (exact) mass is 288 g/mol. The van der Waals surface area contributed by atoms with Gasteiger partial charge in [0.2, 0.25) is 10.0 Å². The van der Waals surface area contributed by atoms with Crippen LogP contribution in [0.1, 0.15) is 18.9 Å². The summed E-state index contributed by atoms with van der Waals surface area (Å²) in [5, 5.41) is 0. The molecule has 106 valence electrons. The molecule has 1 aromatic rings. The Morgan fingerprint density at radius 3 is 2.84 bits per heavy atom. The fourth-order valence-electron chi connectivity index (χ4n) is 2.14. The molecule has 0 bridgehead atoms. The molecule has 1 aliphatic rings. The van der Waals surface area contributed by atoms with Crippen LogP contribution in [0.3, 0.4) is 0 Å². The summed E-state index contributed by atoms with van der Waals surface area (Å²) in [7, 11) is -3.79. The smallest absolute Gasteiger partial charge is 0.241 e. The molecule has 7 heteroatoms. The van der Waals surface area contributed by atoms with Crippen molar-refractivity contribution >= 4 is 10.0 Å². The average molecular weight is 288 g/mol. The van der Waals surface area contributed by atoms with E-state index in [2.05, 4.69) is 4.72 Å². The zero-order chi connectivity index (χ0) is 14.0. The molecule has 19 heavy (non-hydrogen) atoms. The Morgan fingerprint density at radius 2 is 2.26 bits per heavy atom. The van der Waals surface area contributed by atoms with E-state index in [4.69, 9.17) is 10.5 Å². The van der Waals surface area contributed by atoms with E-state index in [9.17, 15) is 12.8 Å². The van der Waals surface area contributed by atoms with Gasteiger partial charge < -0.3 is 10.5 Å². The van der Waals surface area contributed by atoms with Crippen molar-refractivity contribution in [1.82, 2.24) is 4.72 Å². The van der Waals surface area contributed by atoms with Crippen molar-refractivity contribution in [2.24, 2.45) is 5.73 Å². The number of hydrogen-bond acceptors (Lipinski definition) is 4. The van der Waals surface area contributed by atoms with Gasteiger partial charge in [0, 0.05) is 18.7 Å². The molecule has 2 atom stereocenters. The SMILES string of the molecule is CC1OCCC1NS(=O)(=O)c1cccc(F)c1CN. The molecule has 0 spiro atoms. The maximum Gasteiger partial charge on any atom is 0.241 e. The topological polar surface area (TPSA) is 81.4 Å². The van der Waals surface area contributed by atoms with E-state index in [0.29, 0.717) is 13.0 Å². The van der Waals surface area contributed by atoms with Gasteiger partial charge in [0.05, 0.1) is 17.0 Å². The molecule has 0 aromatic heterocycles. The van der Waals surface area contributed by atoms with E-state index in [-0.39, 0.29) is 29.1 Å². The van der Waals surface area contributed by atoms with Crippen LogP contribution in [0, 0.1) is 5.82 Å². The van der Waals surface area contributed by atoms with Crippen LogP contribution in [0.5, 0.6) is 0 Å². The van der Waals surface area contributed by atoms with Gasteiger partial charge in [-0.2, -0.15) is 0 Å². The Labute approximate surface area is 112 Å². The summed E-state index contributed by atoms with van der Waals surface area (Å²) in [6, 6.07) is 3.62. The quantitative estimate of drug-likeness (QED) is 0.856. The van der Waals surface area contributed by atoms with E-state index in [1.165, 1.54) is 18.2 Å². The highest BCUT2D eigenvalue weighted by molar-refractivity contribution is 7.89. The van der Waals surface area contributed by atoms with Gasteiger partial charge in [-0.25, -0.2) is 17.5 Å². The van der Waals surface area contributed by atoms with Crippen LogP contribution in [-0.2, 0) is 21.3 Å². The molecule has 0 amide bonds. The zero-order valence-corrected chi connectivity index (χ0v) is 11.4. The predicted molar refractivity (Wildman–Crippen MR) is 68.4 cm³/mol. The minimum absolute atomic E-state index is 0.00145. The molecule has 0 radical (unpaired) electrons. The molecule has 2 unspecified atom stereocenters. The maximum absolute atomic E-state index is 13.6. The maximum atomic E-state index is 13.6. The zero-order valence-electron chi connectivity index (χ0n) is 10.6. The van der Waals surface area contributed by atoms with Crippen molar-refractivity contribution in [2.75, 3.05) is 6.61 Å². The summed E-state index contributed by atoms with van der Waals surface area (Å²) < 4.78 is 46.0. The molecule has 1 saturated heterocycles. The van der Waals surface area contributed by atoms with Gasteiger partial charge in [-0.15, -0.1) is 0 Å². The van der Waals surface area contributed by atoms with Gasteiger partial charge in [-0.05, 0) is 25.5 Å². The number of nitrogens with one attached hydrogen (secondary N) is 1. The highest BCUT2D eigenvalue weighted by Crippen LogP contribution is 2.21. The third kappa shape index (κ3) is 2.94. The van der Waals surface area contributed by atoms with Crippen molar-refractivity contribution in [2.45, 2.75) is 36.9 Å². The Kier molecular flexibility index (Phi) is 4.19. The van der Waals surface area contributed by atoms with Crippen LogP contribution in [0.4, 0.5) is 4.39 Å². The molecule has 0 saturated carbocycles. The summed E-state index contributed by atoms with van der Waals surface area (Å²) in [6.07, 6.45) is 0.415. The summed E-state index contributed by atoms with van der Waals surface area (Å²) in [5.41, 5.74) is 5.43. The molecule has 1 fully saturated rings. The Bertz CT molecular complexity index is 562. The standard InChI is InChI=1S/C12H17FN2O3S/c1-8-11(5-6-18-8)15-19(16,17)12-4-2-3-10(13)9(12)7-14/h2-4,8,11,15H,5-7,14H2,1H3. The second-order valence-corrected chi connectivity index (χ2v) is 6.20. The van der Waals surface area contributed by atoms with Crippen LogP contribution >= 0.6 is 0 Å². The van der Waals surface area contributed by atoms with E-state index in [1.54, 1.807) is 6.92 Å². The first kappa shape index (κ1) is 14.4. The molecule has 0 aliphatic carbocycles. The molecular weight excluding hydrogens is 271 g/mol. The number of ether oxygens (including phenoxy) is 1. The molecular formula is C12H17FN2O3S. The number of sulfonamides is 1. The summed E-state index contributed by atoms with van der Waals surface area (Å²) in [6.45, 7) is 2.15. The first-order valence-corrected chi connectivity index (χ1v) is 7.55. The molecule has 1 heterocycles. The fourth-order valence-corrected chi connectivity index (χ4v) is 3.74. The van der Waals surface area contributed by atoms with Gasteiger partial charge in [0.15, 0.2) is 0 Å². The van der Waals surface area contributed by atoms with Crippen molar-refractivity contribution in [3.05, 3.63) is 29.6 Å². The molecule has 5 nitrogen and oxygen atoms in total.